The molecule has 2 N–H and O–H groups in total. The molecule has 0 radical (unpaired) electrons. The van der Waals surface area contributed by atoms with E-state index < -0.39 is 0 Å². The SMILES string of the molecule is CC1(C)CCCN(CCCCC(C)(CO)NC2CC2)C1. The van der Waals surface area contributed by atoms with Gasteiger partial charge >= 0.3 is 0 Å². The summed E-state index contributed by atoms with van der Waals surface area (Å²) in [7, 11) is 0. The monoisotopic (exact) mass is 282 g/mol. The van der Waals surface area contributed by atoms with Crippen molar-refractivity contribution in [3.63, 3.8) is 0 Å². The van der Waals surface area contributed by atoms with Crippen LogP contribution in [0.15, 0.2) is 0 Å². The number of piperidine rings is 1. The van der Waals surface area contributed by atoms with Crippen molar-refractivity contribution in [3.05, 3.63) is 0 Å². The third-order valence-corrected chi connectivity index (χ3v) is 4.91. The predicted molar refractivity (Wildman–Crippen MR) is 85.0 cm³/mol. The van der Waals surface area contributed by atoms with Crippen LogP contribution in [-0.2, 0) is 0 Å². The number of nitrogens with one attached hydrogen (secondary N) is 1. The molecule has 20 heavy (non-hydrogen) atoms. The molecule has 1 aliphatic carbocycles. The van der Waals surface area contributed by atoms with Crippen LogP contribution in [0.3, 0.4) is 0 Å². The molecule has 0 bridgehead atoms. The Morgan fingerprint density at radius 2 is 2.05 bits per heavy atom. The number of likely N-dealkylation sites (tertiary alicyclic amines) is 1. The van der Waals surface area contributed by atoms with Gasteiger partial charge in [-0.25, -0.2) is 0 Å². The molecular formula is C17H34N2O. The minimum absolute atomic E-state index is 0.0532. The van der Waals surface area contributed by atoms with Crippen LogP contribution in [0.4, 0.5) is 0 Å². The van der Waals surface area contributed by atoms with Crippen molar-refractivity contribution < 1.29 is 5.11 Å². The second-order valence-electron chi connectivity index (χ2n) is 8.14. The van der Waals surface area contributed by atoms with Gasteiger partial charge < -0.3 is 15.3 Å². The van der Waals surface area contributed by atoms with E-state index in [4.69, 9.17) is 0 Å². The van der Waals surface area contributed by atoms with Crippen LogP contribution in [0.5, 0.6) is 0 Å². The maximum absolute atomic E-state index is 9.61. The van der Waals surface area contributed by atoms with Crippen LogP contribution < -0.4 is 5.32 Å². The Labute approximate surface area is 125 Å². The molecule has 1 aliphatic heterocycles. The number of nitrogens with zero attached hydrogens (tertiary/aromatic N) is 1. The molecule has 1 unspecified atom stereocenters. The molecule has 0 aromatic rings. The summed E-state index contributed by atoms with van der Waals surface area (Å²) in [6, 6.07) is 0.676. The zero-order valence-electron chi connectivity index (χ0n) is 13.7. The molecule has 2 rings (SSSR count). The lowest BCUT2D eigenvalue weighted by Gasteiger charge is -2.38. The van der Waals surface area contributed by atoms with Crippen molar-refractivity contribution in [1.29, 1.82) is 0 Å². The van der Waals surface area contributed by atoms with E-state index in [1.165, 1.54) is 58.2 Å². The van der Waals surface area contributed by atoms with Gasteiger partial charge in [0, 0.05) is 18.1 Å². The van der Waals surface area contributed by atoms with Crippen LogP contribution in [-0.4, -0.2) is 47.8 Å². The highest BCUT2D eigenvalue weighted by molar-refractivity contribution is 4.92. The van der Waals surface area contributed by atoms with Crippen molar-refractivity contribution in [2.45, 2.75) is 77.3 Å². The summed E-state index contributed by atoms with van der Waals surface area (Å²) in [6.07, 6.45) is 8.88. The molecule has 0 aromatic carbocycles. The first kappa shape index (κ1) is 16.3. The van der Waals surface area contributed by atoms with Crippen LogP contribution in [0.25, 0.3) is 0 Å². The van der Waals surface area contributed by atoms with Crippen LogP contribution in [0.1, 0.15) is 65.7 Å². The van der Waals surface area contributed by atoms with E-state index >= 15 is 0 Å². The lowest BCUT2D eigenvalue weighted by Crippen LogP contribution is -2.47. The van der Waals surface area contributed by atoms with Gasteiger partial charge in [-0.2, -0.15) is 0 Å². The highest BCUT2D eigenvalue weighted by atomic mass is 16.3. The Kier molecular flexibility index (Phi) is 5.49. The minimum Gasteiger partial charge on any atom is -0.394 e. The molecule has 2 aliphatic rings. The van der Waals surface area contributed by atoms with E-state index in [0.29, 0.717) is 11.5 Å². The summed E-state index contributed by atoms with van der Waals surface area (Å²) in [5, 5.41) is 13.2. The van der Waals surface area contributed by atoms with Crippen molar-refractivity contribution >= 4 is 0 Å². The second kappa shape index (κ2) is 6.76. The standard InChI is InChI=1S/C17H34N2O/c1-16(2)9-6-12-19(13-16)11-5-4-10-17(3,14-20)18-15-7-8-15/h15,18,20H,4-14H2,1-3H3. The highest BCUT2D eigenvalue weighted by Crippen LogP contribution is 2.29. The van der Waals surface area contributed by atoms with Crippen molar-refractivity contribution in [2.24, 2.45) is 5.41 Å². The highest BCUT2D eigenvalue weighted by Gasteiger charge is 2.31. The number of hydrogen-bond acceptors (Lipinski definition) is 3. The van der Waals surface area contributed by atoms with Gasteiger partial charge in [0.1, 0.15) is 0 Å². The van der Waals surface area contributed by atoms with E-state index in [-0.39, 0.29) is 12.1 Å². The predicted octanol–water partition coefficient (Wildman–Crippen LogP) is 2.78. The van der Waals surface area contributed by atoms with Crippen LogP contribution in [0.2, 0.25) is 0 Å². The lowest BCUT2D eigenvalue weighted by molar-refractivity contribution is 0.113. The third kappa shape index (κ3) is 5.34. The molecule has 1 saturated heterocycles. The zero-order chi connectivity index (χ0) is 14.6. The third-order valence-electron chi connectivity index (χ3n) is 4.91. The summed E-state index contributed by atoms with van der Waals surface area (Å²) in [5.74, 6) is 0. The molecule has 0 spiro atoms. The Morgan fingerprint density at radius 3 is 2.65 bits per heavy atom. The molecule has 1 heterocycles. The molecule has 1 saturated carbocycles. The molecule has 2 fully saturated rings. The minimum atomic E-state index is -0.0532. The largest absolute Gasteiger partial charge is 0.394 e. The van der Waals surface area contributed by atoms with Gasteiger partial charge in [0.15, 0.2) is 0 Å². The fourth-order valence-corrected chi connectivity index (χ4v) is 3.50. The second-order valence-corrected chi connectivity index (χ2v) is 8.14. The van der Waals surface area contributed by atoms with Crippen molar-refractivity contribution in [3.8, 4) is 0 Å². The Morgan fingerprint density at radius 1 is 1.30 bits per heavy atom. The Hall–Kier alpha value is -0.120. The van der Waals surface area contributed by atoms with E-state index in [9.17, 15) is 5.11 Å². The van der Waals surface area contributed by atoms with E-state index in [1.807, 2.05) is 0 Å². The maximum atomic E-state index is 9.61. The summed E-state index contributed by atoms with van der Waals surface area (Å²) >= 11 is 0. The summed E-state index contributed by atoms with van der Waals surface area (Å²) < 4.78 is 0. The molecule has 1 atom stereocenters. The van der Waals surface area contributed by atoms with Gasteiger partial charge in [-0.1, -0.05) is 20.3 Å². The number of rotatable bonds is 8. The summed E-state index contributed by atoms with van der Waals surface area (Å²) in [5.41, 5.74) is 0.452. The molecule has 118 valence electrons. The fourth-order valence-electron chi connectivity index (χ4n) is 3.50. The molecule has 3 heteroatoms. The van der Waals surface area contributed by atoms with E-state index in [0.717, 1.165) is 6.42 Å². The number of unbranched alkanes of at least 4 members (excludes halogenated alkanes) is 1. The quantitative estimate of drug-likeness (QED) is 0.672. The van der Waals surface area contributed by atoms with Gasteiger partial charge in [-0.05, 0) is 64.0 Å². The fraction of sp³-hybridized carbons (Fsp3) is 1.00. The molecule has 0 amide bonds. The van der Waals surface area contributed by atoms with Gasteiger partial charge in [-0.15, -0.1) is 0 Å². The number of hydrogen-bond donors (Lipinski definition) is 2. The summed E-state index contributed by atoms with van der Waals surface area (Å²) in [4.78, 5) is 2.63. The van der Waals surface area contributed by atoms with Gasteiger partial charge in [0.25, 0.3) is 0 Å². The average molecular weight is 282 g/mol. The number of aliphatic hydroxyl groups is 1. The molecular weight excluding hydrogens is 248 g/mol. The first-order valence-corrected chi connectivity index (χ1v) is 8.53. The van der Waals surface area contributed by atoms with E-state index in [2.05, 4.69) is 31.0 Å². The van der Waals surface area contributed by atoms with E-state index in [1.54, 1.807) is 0 Å². The van der Waals surface area contributed by atoms with Gasteiger partial charge in [0.05, 0.1) is 6.61 Å². The molecule has 0 aromatic heterocycles. The Balaban J connectivity index is 1.62. The maximum Gasteiger partial charge on any atom is 0.0610 e. The van der Waals surface area contributed by atoms with Gasteiger partial charge in [-0.3, -0.25) is 0 Å². The normalized spacial score (nSPS) is 26.4. The molecule has 3 nitrogen and oxygen atoms in total. The summed E-state index contributed by atoms with van der Waals surface area (Å²) in [6.45, 7) is 11.0. The zero-order valence-corrected chi connectivity index (χ0v) is 13.7. The first-order chi connectivity index (χ1) is 9.42. The van der Waals surface area contributed by atoms with Crippen LogP contribution >= 0.6 is 0 Å². The topological polar surface area (TPSA) is 35.5 Å². The number of aliphatic hydroxyl groups excluding tert-OH is 1. The van der Waals surface area contributed by atoms with Crippen LogP contribution in [0, 0.1) is 5.41 Å². The lowest BCUT2D eigenvalue weighted by atomic mass is 9.84. The van der Waals surface area contributed by atoms with Gasteiger partial charge in [0.2, 0.25) is 0 Å². The average Bonchev–Trinajstić information content (AvgIpc) is 3.17. The smallest absolute Gasteiger partial charge is 0.0610 e. The van der Waals surface area contributed by atoms with Crippen molar-refractivity contribution in [1.82, 2.24) is 10.2 Å². The van der Waals surface area contributed by atoms with Crippen molar-refractivity contribution in [2.75, 3.05) is 26.2 Å². The first-order valence-electron chi connectivity index (χ1n) is 8.53. The Bertz CT molecular complexity index is 301.